The summed E-state index contributed by atoms with van der Waals surface area (Å²) in [6, 6.07) is 7.15. The lowest BCUT2D eigenvalue weighted by atomic mass is 10.1. The molecule has 0 saturated carbocycles. The van der Waals surface area contributed by atoms with Gasteiger partial charge in [-0.1, -0.05) is 0 Å². The molecule has 0 radical (unpaired) electrons. The van der Waals surface area contributed by atoms with Gasteiger partial charge in [-0.2, -0.15) is 0 Å². The zero-order valence-corrected chi connectivity index (χ0v) is 7.41. The number of nitrogens with zero attached hydrogens (tertiary/aromatic N) is 2. The van der Waals surface area contributed by atoms with Crippen LogP contribution in [0.4, 0.5) is 0 Å². The molecular formula is C10H10N2O2+2. The van der Waals surface area contributed by atoms with Gasteiger partial charge in [0, 0.05) is 33.7 Å². The topological polar surface area (TPSA) is 48.2 Å². The lowest BCUT2D eigenvalue weighted by Gasteiger charge is -1.95. The molecule has 0 bridgehead atoms. The summed E-state index contributed by atoms with van der Waals surface area (Å²) in [5, 5.41) is 18.0. The molecule has 0 aliphatic carbocycles. The molecule has 70 valence electrons. The van der Waals surface area contributed by atoms with Crippen molar-refractivity contribution in [2.24, 2.45) is 0 Å². The van der Waals surface area contributed by atoms with Crippen LogP contribution in [-0.4, -0.2) is 10.4 Å². The molecule has 2 N–H and O–H groups in total. The molecule has 0 amide bonds. The molecular weight excluding hydrogens is 180 g/mol. The van der Waals surface area contributed by atoms with Gasteiger partial charge < -0.3 is 0 Å². The lowest BCUT2D eigenvalue weighted by molar-refractivity contribution is -0.905. The second kappa shape index (κ2) is 3.33. The molecule has 2 aromatic heterocycles. The van der Waals surface area contributed by atoms with Gasteiger partial charge in [0.1, 0.15) is 0 Å². The third kappa shape index (κ3) is 1.64. The first-order chi connectivity index (χ1) is 6.75. The largest absolute Gasteiger partial charge is 0.285 e. The van der Waals surface area contributed by atoms with Gasteiger partial charge in [-0.05, 0) is 11.1 Å². The van der Waals surface area contributed by atoms with Crippen molar-refractivity contribution < 1.29 is 19.9 Å². The van der Waals surface area contributed by atoms with Gasteiger partial charge in [-0.15, -0.1) is 0 Å². The van der Waals surface area contributed by atoms with Gasteiger partial charge in [0.05, 0.1) is 0 Å². The van der Waals surface area contributed by atoms with E-state index in [1.165, 1.54) is 0 Å². The number of aromatic nitrogens is 2. The predicted molar refractivity (Wildman–Crippen MR) is 46.6 cm³/mol. The maximum absolute atomic E-state index is 9.02. The van der Waals surface area contributed by atoms with Crippen LogP contribution >= 0.6 is 0 Å². The summed E-state index contributed by atoms with van der Waals surface area (Å²) in [6.07, 6.45) is 6.20. The Kier molecular flexibility index (Phi) is 2.02. The van der Waals surface area contributed by atoms with Crippen LogP contribution in [0.25, 0.3) is 11.1 Å². The van der Waals surface area contributed by atoms with E-state index < -0.39 is 0 Å². The zero-order valence-electron chi connectivity index (χ0n) is 7.41. The Bertz CT molecular complexity index is 379. The number of hydrogen-bond acceptors (Lipinski definition) is 2. The smallest absolute Gasteiger partial charge is 0.222 e. The maximum atomic E-state index is 9.02. The van der Waals surface area contributed by atoms with Crippen LogP contribution in [-0.2, 0) is 0 Å². The van der Waals surface area contributed by atoms with E-state index in [4.69, 9.17) is 10.4 Å². The number of rotatable bonds is 1. The summed E-state index contributed by atoms with van der Waals surface area (Å²) in [5.74, 6) is 0. The zero-order chi connectivity index (χ0) is 9.97. The quantitative estimate of drug-likeness (QED) is 0.505. The molecule has 2 heterocycles. The highest BCUT2D eigenvalue weighted by molar-refractivity contribution is 5.60. The van der Waals surface area contributed by atoms with Crippen LogP contribution in [0.5, 0.6) is 0 Å². The number of hydrogen-bond donors (Lipinski definition) is 2. The van der Waals surface area contributed by atoms with Gasteiger partial charge in [-0.25, -0.2) is 0 Å². The van der Waals surface area contributed by atoms with E-state index in [9.17, 15) is 0 Å². The Morgan fingerprint density at radius 1 is 0.643 bits per heavy atom. The number of pyridine rings is 2. The SMILES string of the molecule is O[n+]1ccc(-c2cc[n+](O)cc2)cc1. The van der Waals surface area contributed by atoms with E-state index in [1.807, 2.05) is 0 Å². The highest BCUT2D eigenvalue weighted by Gasteiger charge is 2.03. The van der Waals surface area contributed by atoms with E-state index in [-0.39, 0.29) is 0 Å². The molecule has 4 heteroatoms. The van der Waals surface area contributed by atoms with Crippen LogP contribution in [0.15, 0.2) is 49.1 Å². The van der Waals surface area contributed by atoms with Crippen molar-refractivity contribution in [3.8, 4) is 11.1 Å². The van der Waals surface area contributed by atoms with Crippen LogP contribution < -0.4 is 9.46 Å². The summed E-state index contributed by atoms with van der Waals surface area (Å²) < 4.78 is 1.97. The van der Waals surface area contributed by atoms with Crippen molar-refractivity contribution in [3.05, 3.63) is 49.1 Å². The summed E-state index contributed by atoms with van der Waals surface area (Å²) in [4.78, 5) is 0. The van der Waals surface area contributed by atoms with Crippen LogP contribution in [0.1, 0.15) is 0 Å². The second-order valence-electron chi connectivity index (χ2n) is 2.93. The molecule has 2 aromatic rings. The predicted octanol–water partition coefficient (Wildman–Crippen LogP) is 0.403. The van der Waals surface area contributed by atoms with Crippen molar-refractivity contribution in [1.82, 2.24) is 0 Å². The van der Waals surface area contributed by atoms with Crippen molar-refractivity contribution in [3.63, 3.8) is 0 Å². The van der Waals surface area contributed by atoms with E-state index in [1.54, 1.807) is 49.1 Å². The van der Waals surface area contributed by atoms with Gasteiger partial charge in [0.25, 0.3) is 0 Å². The third-order valence-corrected chi connectivity index (χ3v) is 1.96. The van der Waals surface area contributed by atoms with Gasteiger partial charge in [0.15, 0.2) is 0 Å². The summed E-state index contributed by atoms with van der Waals surface area (Å²) >= 11 is 0. The molecule has 0 atom stereocenters. The van der Waals surface area contributed by atoms with E-state index in [2.05, 4.69) is 0 Å². The Balaban J connectivity index is 2.40. The molecule has 0 saturated heterocycles. The van der Waals surface area contributed by atoms with Gasteiger partial charge in [0.2, 0.25) is 24.8 Å². The first-order valence-electron chi connectivity index (χ1n) is 4.17. The highest BCUT2D eigenvalue weighted by Crippen LogP contribution is 2.14. The molecule has 2 rings (SSSR count). The van der Waals surface area contributed by atoms with Gasteiger partial charge >= 0.3 is 0 Å². The van der Waals surface area contributed by atoms with Crippen LogP contribution in [0, 0.1) is 0 Å². The monoisotopic (exact) mass is 190 g/mol. The summed E-state index contributed by atoms with van der Waals surface area (Å²) in [7, 11) is 0. The maximum Gasteiger partial charge on any atom is 0.222 e. The second-order valence-corrected chi connectivity index (χ2v) is 2.93. The standard InChI is InChI=1S/C10H10N2O2/c13-11-5-1-9(2-6-11)10-3-7-12(14)8-4-10/h1-8,13-14H/q+2. The highest BCUT2D eigenvalue weighted by atomic mass is 16.5. The Morgan fingerprint density at radius 3 is 1.21 bits per heavy atom. The van der Waals surface area contributed by atoms with E-state index in [0.29, 0.717) is 0 Å². The molecule has 0 aromatic carbocycles. The molecule has 0 fully saturated rings. The summed E-state index contributed by atoms with van der Waals surface area (Å²) in [5.41, 5.74) is 1.96. The fraction of sp³-hybridized carbons (Fsp3) is 0. The minimum atomic E-state index is 0.982. The van der Waals surface area contributed by atoms with Crippen molar-refractivity contribution >= 4 is 0 Å². The molecule has 0 spiro atoms. The third-order valence-electron chi connectivity index (χ3n) is 1.96. The average molecular weight is 190 g/mol. The van der Waals surface area contributed by atoms with Crippen molar-refractivity contribution in [2.75, 3.05) is 0 Å². The lowest BCUT2D eigenvalue weighted by Crippen LogP contribution is -2.28. The van der Waals surface area contributed by atoms with Gasteiger partial charge in [-0.3, -0.25) is 10.4 Å². The minimum absolute atomic E-state index is 0.982. The first-order valence-corrected chi connectivity index (χ1v) is 4.17. The first kappa shape index (κ1) is 8.50. The molecule has 0 aliphatic rings. The van der Waals surface area contributed by atoms with Crippen molar-refractivity contribution in [2.45, 2.75) is 0 Å². The van der Waals surface area contributed by atoms with Crippen LogP contribution in [0.3, 0.4) is 0 Å². The molecule has 0 aliphatic heterocycles. The summed E-state index contributed by atoms with van der Waals surface area (Å²) in [6.45, 7) is 0. The Morgan fingerprint density at radius 2 is 0.929 bits per heavy atom. The Hall–Kier alpha value is -2.10. The average Bonchev–Trinajstić information content (AvgIpc) is 2.21. The van der Waals surface area contributed by atoms with E-state index in [0.717, 1.165) is 20.6 Å². The van der Waals surface area contributed by atoms with E-state index >= 15 is 0 Å². The molecule has 14 heavy (non-hydrogen) atoms. The molecule has 4 nitrogen and oxygen atoms in total. The Labute approximate surface area is 80.8 Å². The minimum Gasteiger partial charge on any atom is -0.285 e. The van der Waals surface area contributed by atoms with Crippen LogP contribution in [0.2, 0.25) is 0 Å². The van der Waals surface area contributed by atoms with Crippen molar-refractivity contribution in [1.29, 1.82) is 0 Å². The fourth-order valence-corrected chi connectivity index (χ4v) is 1.22. The fourth-order valence-electron chi connectivity index (χ4n) is 1.22. The molecule has 0 unspecified atom stereocenters. The normalized spacial score (nSPS) is 10.0.